The molecule has 1 heterocycles. The van der Waals surface area contributed by atoms with Crippen LogP contribution >= 0.6 is 0 Å². The van der Waals surface area contributed by atoms with Gasteiger partial charge >= 0.3 is 0 Å². The molecule has 2 atom stereocenters. The maximum Gasteiger partial charge on any atom is 0.253 e. The van der Waals surface area contributed by atoms with E-state index in [9.17, 15) is 15.0 Å². The summed E-state index contributed by atoms with van der Waals surface area (Å²) in [4.78, 5) is 14.9. The lowest BCUT2D eigenvalue weighted by molar-refractivity contribution is 0.0762. The van der Waals surface area contributed by atoms with Gasteiger partial charge in [0.05, 0.1) is 6.10 Å². The van der Waals surface area contributed by atoms with Crippen LogP contribution in [0, 0.1) is 5.92 Å². The molecule has 0 aliphatic carbocycles. The Balaban J connectivity index is 2.46. The van der Waals surface area contributed by atoms with Crippen molar-refractivity contribution in [1.29, 1.82) is 0 Å². The van der Waals surface area contributed by atoms with Crippen LogP contribution in [0.5, 0.6) is 5.75 Å². The molecule has 1 fully saturated rings. The number of hydrogen-bond donors (Lipinski definition) is 2. The largest absolute Gasteiger partial charge is 0.507 e. The summed E-state index contributed by atoms with van der Waals surface area (Å²) in [7, 11) is 0. The molecule has 0 radical (unpaired) electrons. The number of aliphatic hydroxyl groups excluding tert-OH is 1. The van der Waals surface area contributed by atoms with Crippen molar-refractivity contribution in [3.8, 4) is 5.75 Å². The summed E-state index contributed by atoms with van der Waals surface area (Å²) in [5.74, 6) is 0.421. The molecule has 2 rings (SSSR count). The van der Waals surface area contributed by atoms with E-state index in [1.54, 1.807) is 6.92 Å². The fourth-order valence-electron chi connectivity index (χ4n) is 3.45. The summed E-state index contributed by atoms with van der Waals surface area (Å²) in [6.07, 6.45) is 0.438. The third-order valence-corrected chi connectivity index (χ3v) is 5.17. The highest BCUT2D eigenvalue weighted by molar-refractivity contribution is 5.95. The lowest BCUT2D eigenvalue weighted by atomic mass is 9.78. The molecule has 1 aromatic carbocycles. The van der Waals surface area contributed by atoms with Gasteiger partial charge < -0.3 is 15.1 Å². The summed E-state index contributed by atoms with van der Waals surface area (Å²) in [6.45, 7) is 15.3. The van der Waals surface area contributed by atoms with Gasteiger partial charge in [0.1, 0.15) is 5.75 Å². The van der Waals surface area contributed by atoms with Crippen LogP contribution in [0.25, 0.3) is 0 Å². The Morgan fingerprint density at radius 1 is 1.12 bits per heavy atom. The number of benzene rings is 1. The highest BCUT2D eigenvalue weighted by Crippen LogP contribution is 2.40. The van der Waals surface area contributed by atoms with Gasteiger partial charge in [0.25, 0.3) is 5.91 Å². The van der Waals surface area contributed by atoms with Crippen LogP contribution in [-0.4, -0.2) is 40.2 Å². The summed E-state index contributed by atoms with van der Waals surface area (Å²) < 4.78 is 0. The van der Waals surface area contributed by atoms with Crippen molar-refractivity contribution in [2.24, 2.45) is 5.92 Å². The number of carbonyl (C=O) groups excluding carboxylic acids is 1. The van der Waals surface area contributed by atoms with Crippen molar-refractivity contribution >= 4 is 5.91 Å². The van der Waals surface area contributed by atoms with Crippen molar-refractivity contribution in [2.45, 2.75) is 71.8 Å². The highest BCUT2D eigenvalue weighted by Gasteiger charge is 2.32. The topological polar surface area (TPSA) is 60.8 Å². The molecular formula is C21H33NO3. The van der Waals surface area contributed by atoms with E-state index in [0.29, 0.717) is 24.4 Å². The first-order valence-corrected chi connectivity index (χ1v) is 9.17. The predicted octanol–water partition coefficient (Wildman–Crippen LogP) is 3.83. The number of aliphatic hydroxyl groups is 1. The first kappa shape index (κ1) is 19.8. The molecule has 2 unspecified atom stereocenters. The van der Waals surface area contributed by atoms with Crippen LogP contribution in [0.1, 0.15) is 76.4 Å². The molecule has 1 aliphatic rings. The number of rotatable bonds is 2. The van der Waals surface area contributed by atoms with Crippen molar-refractivity contribution in [3.63, 3.8) is 0 Å². The van der Waals surface area contributed by atoms with Gasteiger partial charge in [0, 0.05) is 35.7 Å². The minimum absolute atomic E-state index is 0.0147. The second-order valence-electron chi connectivity index (χ2n) is 9.46. The predicted molar refractivity (Wildman–Crippen MR) is 101 cm³/mol. The molecule has 0 spiro atoms. The maximum atomic E-state index is 13.0. The van der Waals surface area contributed by atoms with Crippen LogP contribution in [0.2, 0.25) is 0 Å². The summed E-state index contributed by atoms with van der Waals surface area (Å²) in [5.41, 5.74) is 1.71. The molecule has 0 aromatic heterocycles. The maximum absolute atomic E-state index is 13.0. The number of nitrogens with zero attached hydrogens (tertiary/aromatic N) is 1. The molecule has 1 saturated heterocycles. The number of phenols is 1. The van der Waals surface area contributed by atoms with Gasteiger partial charge in [-0.2, -0.15) is 0 Å². The normalized spacial score (nSPS) is 20.0. The van der Waals surface area contributed by atoms with E-state index in [-0.39, 0.29) is 22.7 Å². The van der Waals surface area contributed by atoms with Gasteiger partial charge in [0.2, 0.25) is 0 Å². The molecule has 1 amide bonds. The Kier molecular flexibility index (Phi) is 5.25. The Bertz CT molecular complexity index is 615. The van der Waals surface area contributed by atoms with Crippen molar-refractivity contribution in [1.82, 2.24) is 4.90 Å². The van der Waals surface area contributed by atoms with E-state index in [1.165, 1.54) is 0 Å². The summed E-state index contributed by atoms with van der Waals surface area (Å²) >= 11 is 0. The standard InChI is InChI=1S/C21H33NO3/c1-13(23)14-8-9-22(12-14)19(25)15-10-16(20(2,3)4)18(24)17(11-15)21(5,6)7/h10-11,13-14,23-24H,8-9,12H2,1-7H3. The van der Waals surface area contributed by atoms with E-state index in [4.69, 9.17) is 0 Å². The van der Waals surface area contributed by atoms with Crippen LogP contribution in [0.3, 0.4) is 0 Å². The molecule has 25 heavy (non-hydrogen) atoms. The third-order valence-electron chi connectivity index (χ3n) is 5.17. The zero-order valence-corrected chi connectivity index (χ0v) is 16.7. The van der Waals surface area contributed by atoms with E-state index in [2.05, 4.69) is 0 Å². The quantitative estimate of drug-likeness (QED) is 0.855. The van der Waals surface area contributed by atoms with E-state index in [1.807, 2.05) is 58.6 Å². The minimum Gasteiger partial charge on any atom is -0.507 e. The molecule has 140 valence electrons. The highest BCUT2D eigenvalue weighted by atomic mass is 16.3. The molecule has 0 bridgehead atoms. The zero-order chi connectivity index (χ0) is 19.2. The lowest BCUT2D eigenvalue weighted by Crippen LogP contribution is -2.31. The Morgan fingerprint density at radius 3 is 1.96 bits per heavy atom. The summed E-state index contributed by atoms with van der Waals surface area (Å²) in [5, 5.41) is 20.6. The number of likely N-dealkylation sites (tertiary alicyclic amines) is 1. The second kappa shape index (κ2) is 6.64. The minimum atomic E-state index is -0.395. The second-order valence-corrected chi connectivity index (χ2v) is 9.46. The number of hydrogen-bond acceptors (Lipinski definition) is 3. The van der Waals surface area contributed by atoms with Gasteiger partial charge in [0.15, 0.2) is 0 Å². The molecule has 4 heteroatoms. The Labute approximate surface area is 151 Å². The van der Waals surface area contributed by atoms with Crippen LogP contribution in [-0.2, 0) is 10.8 Å². The Morgan fingerprint density at radius 2 is 1.60 bits per heavy atom. The van der Waals surface area contributed by atoms with Crippen molar-refractivity contribution in [3.05, 3.63) is 28.8 Å². The van der Waals surface area contributed by atoms with Crippen molar-refractivity contribution < 1.29 is 15.0 Å². The Hall–Kier alpha value is -1.55. The van der Waals surface area contributed by atoms with E-state index >= 15 is 0 Å². The monoisotopic (exact) mass is 347 g/mol. The molecule has 0 saturated carbocycles. The number of amides is 1. The fourth-order valence-corrected chi connectivity index (χ4v) is 3.45. The van der Waals surface area contributed by atoms with Crippen molar-refractivity contribution in [2.75, 3.05) is 13.1 Å². The molecule has 2 N–H and O–H groups in total. The summed E-state index contributed by atoms with van der Waals surface area (Å²) in [6, 6.07) is 3.67. The number of carbonyl (C=O) groups is 1. The van der Waals surface area contributed by atoms with Gasteiger partial charge in [-0.1, -0.05) is 41.5 Å². The molecular weight excluding hydrogens is 314 g/mol. The molecule has 1 aliphatic heterocycles. The third kappa shape index (κ3) is 4.17. The van der Waals surface area contributed by atoms with Gasteiger partial charge in [-0.15, -0.1) is 0 Å². The SMILES string of the molecule is CC(O)C1CCN(C(=O)c2cc(C(C)(C)C)c(O)c(C(C)(C)C)c2)C1. The average molecular weight is 347 g/mol. The lowest BCUT2D eigenvalue weighted by Gasteiger charge is -2.29. The van der Waals surface area contributed by atoms with Gasteiger partial charge in [-0.3, -0.25) is 4.79 Å². The smallest absolute Gasteiger partial charge is 0.253 e. The van der Waals surface area contributed by atoms with Gasteiger partial charge in [-0.25, -0.2) is 0 Å². The van der Waals surface area contributed by atoms with Crippen LogP contribution in [0.4, 0.5) is 0 Å². The van der Waals surface area contributed by atoms with Crippen LogP contribution in [0.15, 0.2) is 12.1 Å². The average Bonchev–Trinajstić information content (AvgIpc) is 2.94. The first-order valence-electron chi connectivity index (χ1n) is 9.17. The zero-order valence-electron chi connectivity index (χ0n) is 16.7. The van der Waals surface area contributed by atoms with Gasteiger partial charge in [-0.05, 0) is 36.3 Å². The van der Waals surface area contributed by atoms with Crippen LogP contribution < -0.4 is 0 Å². The number of aromatic hydroxyl groups is 1. The fraction of sp³-hybridized carbons (Fsp3) is 0.667. The molecule has 1 aromatic rings. The van der Waals surface area contributed by atoms with E-state index < -0.39 is 6.10 Å². The molecule has 4 nitrogen and oxygen atoms in total. The first-order chi connectivity index (χ1) is 11.3. The number of phenolic OH excluding ortho intramolecular Hbond substituents is 1. The van der Waals surface area contributed by atoms with E-state index in [0.717, 1.165) is 17.5 Å².